The van der Waals surface area contributed by atoms with E-state index >= 15 is 0 Å². The number of benzene rings is 2. The fourth-order valence-corrected chi connectivity index (χ4v) is 5.16. The Labute approximate surface area is 165 Å². The molecule has 0 saturated carbocycles. The summed E-state index contributed by atoms with van der Waals surface area (Å²) >= 11 is 0. The summed E-state index contributed by atoms with van der Waals surface area (Å²) in [6.45, 7) is 1.63. The van der Waals surface area contributed by atoms with Crippen LogP contribution < -0.4 is 17.2 Å². The molecule has 6 N–H and O–H groups in total. The average molecular weight is 428 g/mol. The van der Waals surface area contributed by atoms with Crippen molar-refractivity contribution < 1.29 is 16.8 Å². The van der Waals surface area contributed by atoms with E-state index in [0.29, 0.717) is 11.3 Å². The molecule has 9 nitrogen and oxygen atoms in total. The average Bonchev–Trinajstić information content (AvgIpc) is 2.57. The molecule has 2 rings (SSSR count). The lowest BCUT2D eigenvalue weighted by atomic mass is 10.2. The largest absolute Gasteiger partial charge is 0.399 e. The first kappa shape index (κ1) is 22.0. The zero-order valence-corrected chi connectivity index (χ0v) is 17.6. The molecular weight excluding hydrogens is 402 g/mol. The van der Waals surface area contributed by atoms with E-state index in [1.807, 2.05) is 0 Å². The summed E-state index contributed by atoms with van der Waals surface area (Å²) in [6.07, 6.45) is 0. The molecule has 0 heterocycles. The lowest BCUT2D eigenvalue weighted by molar-refractivity contribution is 0.404. The van der Waals surface area contributed by atoms with Crippen molar-refractivity contribution in [3.8, 4) is 0 Å². The number of aryl methyl sites for hydroxylation is 1. The highest BCUT2D eigenvalue weighted by atomic mass is 32.2. The quantitative estimate of drug-likeness (QED) is 0.549. The third-order valence-corrected chi connectivity index (χ3v) is 7.84. The van der Waals surface area contributed by atoms with Crippen LogP contribution in [0, 0.1) is 6.92 Å². The Bertz CT molecular complexity index is 957. The molecule has 11 heteroatoms. The van der Waals surface area contributed by atoms with Crippen molar-refractivity contribution in [3.63, 3.8) is 0 Å². The minimum absolute atomic E-state index is 0.0514. The van der Waals surface area contributed by atoms with E-state index in [0.717, 1.165) is 8.61 Å². The Morgan fingerprint density at radius 3 is 1.43 bits per heavy atom. The zero-order valence-electron chi connectivity index (χ0n) is 16.0. The summed E-state index contributed by atoms with van der Waals surface area (Å²) in [7, 11) is -4.94. The lowest BCUT2D eigenvalue weighted by Crippen LogP contribution is -2.37. The smallest absolute Gasteiger partial charge is 0.243 e. The molecule has 0 aliphatic heterocycles. The lowest BCUT2D eigenvalue weighted by Gasteiger charge is -2.22. The number of hydrogen-bond acceptors (Lipinski definition) is 7. The summed E-state index contributed by atoms with van der Waals surface area (Å²) in [4.78, 5) is 0.00563. The van der Waals surface area contributed by atoms with Crippen molar-refractivity contribution in [2.45, 2.75) is 16.7 Å². The number of likely N-dealkylation sites (N-methyl/N-ethyl adjacent to an activating group) is 2. The molecule has 0 radical (unpaired) electrons. The SMILES string of the molecule is Cc1cc(N)cc(S(=O)(=O)N(C)CCN(C)S(=O)(=O)c2cc(N)cc(N)c2)c1. The molecule has 0 saturated heterocycles. The highest BCUT2D eigenvalue weighted by Crippen LogP contribution is 2.22. The van der Waals surface area contributed by atoms with Crippen molar-refractivity contribution in [1.29, 1.82) is 0 Å². The Hall–Kier alpha value is -2.34. The van der Waals surface area contributed by atoms with Gasteiger partial charge >= 0.3 is 0 Å². The molecule has 0 aliphatic carbocycles. The van der Waals surface area contributed by atoms with Crippen molar-refractivity contribution in [1.82, 2.24) is 8.61 Å². The van der Waals surface area contributed by atoms with Crippen LogP contribution in [0.2, 0.25) is 0 Å². The van der Waals surface area contributed by atoms with Gasteiger partial charge in [-0.2, -0.15) is 8.61 Å². The van der Waals surface area contributed by atoms with Crippen molar-refractivity contribution in [2.75, 3.05) is 44.4 Å². The maximum Gasteiger partial charge on any atom is 0.243 e. The van der Waals surface area contributed by atoms with E-state index in [-0.39, 0.29) is 34.3 Å². The molecule has 0 spiro atoms. The topological polar surface area (TPSA) is 153 Å². The Morgan fingerprint density at radius 2 is 1.04 bits per heavy atom. The van der Waals surface area contributed by atoms with Crippen LogP contribution in [0.1, 0.15) is 5.56 Å². The van der Waals surface area contributed by atoms with Gasteiger partial charge in [0, 0.05) is 44.2 Å². The number of nitrogens with zero attached hydrogens (tertiary/aromatic N) is 2. The molecule has 0 aliphatic rings. The summed E-state index contributed by atoms with van der Waals surface area (Å²) in [5.41, 5.74) is 18.6. The summed E-state index contributed by atoms with van der Waals surface area (Å²) in [6, 6.07) is 8.60. The van der Waals surface area contributed by atoms with Gasteiger partial charge in [-0.25, -0.2) is 16.8 Å². The van der Waals surface area contributed by atoms with Crippen molar-refractivity contribution in [2.24, 2.45) is 0 Å². The predicted molar refractivity (Wildman–Crippen MR) is 110 cm³/mol. The highest BCUT2D eigenvalue weighted by molar-refractivity contribution is 7.89. The standard InChI is InChI=1S/C17H25N5O4S2/c1-12-6-13(18)9-16(7-12)27(23,24)21(2)4-5-22(3)28(25,26)17-10-14(19)8-15(20)11-17/h6-11H,4-5,18-20H2,1-3H3. The second kappa shape index (κ2) is 7.95. The number of rotatable bonds is 7. The molecule has 2 aromatic carbocycles. The predicted octanol–water partition coefficient (Wildman–Crippen LogP) is 0.683. The van der Waals surface area contributed by atoms with Crippen LogP contribution in [0.4, 0.5) is 17.1 Å². The first-order chi connectivity index (χ1) is 12.8. The Morgan fingerprint density at radius 1 is 0.679 bits per heavy atom. The summed E-state index contributed by atoms with van der Waals surface area (Å²) < 4.78 is 53.0. The van der Waals surface area contributed by atoms with E-state index in [9.17, 15) is 16.8 Å². The van der Waals surface area contributed by atoms with Crippen LogP contribution in [0.25, 0.3) is 0 Å². The van der Waals surface area contributed by atoms with Gasteiger partial charge in [-0.05, 0) is 48.9 Å². The van der Waals surface area contributed by atoms with Crippen LogP contribution >= 0.6 is 0 Å². The summed E-state index contributed by atoms with van der Waals surface area (Å²) in [5.74, 6) is 0. The number of nitrogen functional groups attached to an aromatic ring is 3. The van der Waals surface area contributed by atoms with Crippen LogP contribution in [-0.4, -0.2) is 52.6 Å². The van der Waals surface area contributed by atoms with Crippen molar-refractivity contribution in [3.05, 3.63) is 42.0 Å². The van der Waals surface area contributed by atoms with Gasteiger partial charge in [0.1, 0.15) is 0 Å². The highest BCUT2D eigenvalue weighted by Gasteiger charge is 2.25. The maximum absolute atomic E-state index is 12.7. The number of nitrogens with two attached hydrogens (primary N) is 3. The molecule has 0 atom stereocenters. The van der Waals surface area contributed by atoms with Crippen LogP contribution in [0.5, 0.6) is 0 Å². The molecular formula is C17H25N5O4S2. The first-order valence-electron chi connectivity index (χ1n) is 8.30. The normalized spacial score (nSPS) is 12.6. The molecule has 154 valence electrons. The summed E-state index contributed by atoms with van der Waals surface area (Å²) in [5, 5.41) is 0. The molecule has 28 heavy (non-hydrogen) atoms. The van der Waals surface area contributed by atoms with E-state index < -0.39 is 20.0 Å². The second-order valence-corrected chi connectivity index (χ2v) is 10.7. The van der Waals surface area contributed by atoms with Gasteiger partial charge in [-0.1, -0.05) is 0 Å². The Balaban J connectivity index is 2.17. The fraction of sp³-hybridized carbons (Fsp3) is 0.294. The first-order valence-corrected chi connectivity index (χ1v) is 11.2. The van der Waals surface area contributed by atoms with Gasteiger partial charge in [0.2, 0.25) is 20.0 Å². The third-order valence-electron chi connectivity index (χ3n) is 4.17. The van der Waals surface area contributed by atoms with Gasteiger partial charge in [-0.3, -0.25) is 0 Å². The van der Waals surface area contributed by atoms with Crippen LogP contribution in [0.15, 0.2) is 46.2 Å². The van der Waals surface area contributed by atoms with E-state index in [1.165, 1.54) is 44.4 Å². The van der Waals surface area contributed by atoms with Crippen molar-refractivity contribution >= 4 is 37.1 Å². The number of hydrogen-bond donors (Lipinski definition) is 3. The van der Waals surface area contributed by atoms with E-state index in [4.69, 9.17) is 17.2 Å². The third kappa shape index (κ3) is 4.73. The second-order valence-electron chi connectivity index (χ2n) is 6.57. The molecule has 0 fully saturated rings. The maximum atomic E-state index is 12.7. The molecule has 2 aromatic rings. The van der Waals surface area contributed by atoms with Gasteiger partial charge in [0.25, 0.3) is 0 Å². The van der Waals surface area contributed by atoms with Gasteiger partial charge in [0.05, 0.1) is 9.79 Å². The van der Waals surface area contributed by atoms with Gasteiger partial charge in [-0.15, -0.1) is 0 Å². The van der Waals surface area contributed by atoms with E-state index in [2.05, 4.69) is 0 Å². The molecule has 0 aromatic heterocycles. The van der Waals surface area contributed by atoms with Crippen LogP contribution in [-0.2, 0) is 20.0 Å². The molecule has 0 unspecified atom stereocenters. The van der Waals surface area contributed by atoms with Crippen LogP contribution in [0.3, 0.4) is 0 Å². The monoisotopic (exact) mass is 427 g/mol. The fourth-order valence-electron chi connectivity index (χ4n) is 2.60. The number of anilines is 3. The molecule has 0 bridgehead atoms. The minimum Gasteiger partial charge on any atom is -0.399 e. The minimum atomic E-state index is -3.87. The zero-order chi connectivity index (χ0) is 21.3. The van der Waals surface area contributed by atoms with E-state index in [1.54, 1.807) is 13.0 Å². The number of sulfonamides is 2. The van der Waals surface area contributed by atoms with Gasteiger partial charge in [0.15, 0.2) is 0 Å². The molecule has 0 amide bonds. The Kier molecular flexibility index (Phi) is 6.24. The van der Waals surface area contributed by atoms with Gasteiger partial charge < -0.3 is 17.2 Å².